The molecule has 0 bridgehead atoms. The predicted molar refractivity (Wildman–Crippen MR) is 79.9 cm³/mol. The molecule has 22 heavy (non-hydrogen) atoms. The van der Waals surface area contributed by atoms with Crippen molar-refractivity contribution in [3.63, 3.8) is 0 Å². The molecule has 9 heteroatoms. The van der Waals surface area contributed by atoms with Crippen LogP contribution in [0.3, 0.4) is 0 Å². The zero-order chi connectivity index (χ0) is 16.3. The van der Waals surface area contributed by atoms with Crippen LogP contribution in [0.2, 0.25) is 0 Å². The molecule has 1 fully saturated rings. The van der Waals surface area contributed by atoms with E-state index in [2.05, 4.69) is 15.5 Å². The lowest BCUT2D eigenvalue weighted by atomic mass is 10.2. The van der Waals surface area contributed by atoms with Crippen LogP contribution in [-0.2, 0) is 21.2 Å². The lowest BCUT2D eigenvalue weighted by Gasteiger charge is -2.21. The van der Waals surface area contributed by atoms with E-state index in [1.807, 2.05) is 13.8 Å². The summed E-state index contributed by atoms with van der Waals surface area (Å²) in [6.45, 7) is 4.23. The molecule has 8 nitrogen and oxygen atoms in total. The van der Waals surface area contributed by atoms with Crippen LogP contribution in [0.25, 0.3) is 0 Å². The highest BCUT2D eigenvalue weighted by atomic mass is 32.2. The normalized spacial score (nSPS) is 20.7. The van der Waals surface area contributed by atoms with Crippen molar-refractivity contribution >= 4 is 15.7 Å². The Morgan fingerprint density at radius 1 is 1.50 bits per heavy atom. The van der Waals surface area contributed by atoms with E-state index in [1.54, 1.807) is 11.9 Å². The maximum atomic E-state index is 11.9. The molecule has 1 aliphatic rings. The highest BCUT2D eigenvalue weighted by Crippen LogP contribution is 2.16. The summed E-state index contributed by atoms with van der Waals surface area (Å²) >= 11 is 0. The molecule has 0 radical (unpaired) electrons. The van der Waals surface area contributed by atoms with Crippen LogP contribution in [0.15, 0.2) is 4.52 Å². The van der Waals surface area contributed by atoms with Gasteiger partial charge < -0.3 is 9.84 Å². The minimum Gasteiger partial charge on any atom is -0.346 e. The van der Waals surface area contributed by atoms with E-state index in [9.17, 15) is 13.2 Å². The predicted octanol–water partition coefficient (Wildman–Crippen LogP) is -0.0719. The highest BCUT2D eigenvalue weighted by Gasteiger charge is 2.31. The van der Waals surface area contributed by atoms with Crippen molar-refractivity contribution in [3.8, 4) is 0 Å². The van der Waals surface area contributed by atoms with Gasteiger partial charge in [-0.1, -0.05) is 19.0 Å². The smallest absolute Gasteiger partial charge is 0.246 e. The van der Waals surface area contributed by atoms with Crippen LogP contribution >= 0.6 is 0 Å². The van der Waals surface area contributed by atoms with E-state index in [4.69, 9.17) is 4.52 Å². The Morgan fingerprint density at radius 2 is 2.23 bits per heavy atom. The zero-order valence-corrected chi connectivity index (χ0v) is 13.9. The van der Waals surface area contributed by atoms with E-state index in [1.165, 1.54) is 0 Å². The fourth-order valence-electron chi connectivity index (χ4n) is 2.28. The van der Waals surface area contributed by atoms with E-state index >= 15 is 0 Å². The Labute approximate surface area is 130 Å². The van der Waals surface area contributed by atoms with E-state index < -0.39 is 9.84 Å². The van der Waals surface area contributed by atoms with Gasteiger partial charge in [-0.25, -0.2) is 8.42 Å². The second-order valence-electron chi connectivity index (χ2n) is 5.95. The molecule has 1 saturated heterocycles. The first kappa shape index (κ1) is 16.9. The summed E-state index contributed by atoms with van der Waals surface area (Å²) in [4.78, 5) is 17.8. The van der Waals surface area contributed by atoms with Crippen molar-refractivity contribution in [1.82, 2.24) is 20.4 Å². The minimum absolute atomic E-state index is 0.0910. The van der Waals surface area contributed by atoms with Crippen molar-refractivity contribution in [2.45, 2.75) is 38.8 Å². The molecular weight excluding hydrogens is 308 g/mol. The van der Waals surface area contributed by atoms with Gasteiger partial charge in [0, 0.05) is 12.0 Å². The summed E-state index contributed by atoms with van der Waals surface area (Å²) in [5, 5.41) is 6.52. The average Bonchev–Trinajstić information content (AvgIpc) is 3.02. The number of nitrogens with zero attached hydrogens (tertiary/aromatic N) is 3. The molecule has 1 aromatic rings. The SMILES string of the molecule is CC(C)c1noc(CNC(=O)CN(C)[C@H]2CCS(=O)(=O)C2)n1. The molecule has 124 valence electrons. The second kappa shape index (κ2) is 6.74. The molecule has 1 N–H and O–H groups in total. The number of aromatic nitrogens is 2. The largest absolute Gasteiger partial charge is 0.346 e. The molecule has 2 rings (SSSR count). The van der Waals surface area contributed by atoms with Crippen molar-refractivity contribution in [1.29, 1.82) is 0 Å². The number of hydrogen-bond acceptors (Lipinski definition) is 7. The molecule has 1 aliphatic heterocycles. The summed E-state index contributed by atoms with van der Waals surface area (Å²) in [6.07, 6.45) is 0.577. The maximum Gasteiger partial charge on any atom is 0.246 e. The van der Waals surface area contributed by atoms with Gasteiger partial charge in [0.05, 0.1) is 24.6 Å². The number of amides is 1. The third-order valence-corrected chi connectivity index (χ3v) is 5.41. The van der Waals surface area contributed by atoms with Crippen LogP contribution in [0.4, 0.5) is 0 Å². The minimum atomic E-state index is -2.94. The van der Waals surface area contributed by atoms with Crippen LogP contribution in [0.1, 0.15) is 37.9 Å². The average molecular weight is 330 g/mol. The van der Waals surface area contributed by atoms with Gasteiger partial charge in [0.2, 0.25) is 11.8 Å². The molecule has 0 saturated carbocycles. The second-order valence-corrected chi connectivity index (χ2v) is 8.18. The Balaban J connectivity index is 1.77. The molecule has 0 spiro atoms. The van der Waals surface area contributed by atoms with E-state index in [0.29, 0.717) is 18.1 Å². The van der Waals surface area contributed by atoms with E-state index in [0.717, 1.165) is 0 Å². The van der Waals surface area contributed by atoms with Gasteiger partial charge in [0.25, 0.3) is 0 Å². The molecule has 1 atom stereocenters. The monoisotopic (exact) mass is 330 g/mol. The van der Waals surface area contributed by atoms with E-state index in [-0.39, 0.29) is 42.5 Å². The van der Waals surface area contributed by atoms with Crippen LogP contribution in [-0.4, -0.2) is 60.5 Å². The van der Waals surface area contributed by atoms with Crippen molar-refractivity contribution in [2.75, 3.05) is 25.1 Å². The summed E-state index contributed by atoms with van der Waals surface area (Å²) in [5.41, 5.74) is 0. The van der Waals surface area contributed by atoms with Gasteiger partial charge in [-0.05, 0) is 13.5 Å². The zero-order valence-electron chi connectivity index (χ0n) is 13.1. The number of carbonyl (C=O) groups is 1. The van der Waals surface area contributed by atoms with Gasteiger partial charge in [-0.3, -0.25) is 9.69 Å². The first-order chi connectivity index (χ1) is 10.3. The maximum absolute atomic E-state index is 11.9. The fraction of sp³-hybridized carbons (Fsp3) is 0.769. The topological polar surface area (TPSA) is 105 Å². The summed E-state index contributed by atoms with van der Waals surface area (Å²) in [7, 11) is -1.19. The summed E-state index contributed by atoms with van der Waals surface area (Å²) in [6, 6.07) is -0.0910. The van der Waals surface area contributed by atoms with Crippen molar-refractivity contribution < 1.29 is 17.7 Å². The third-order valence-electron chi connectivity index (χ3n) is 3.66. The van der Waals surface area contributed by atoms with Crippen LogP contribution in [0.5, 0.6) is 0 Å². The number of likely N-dealkylation sites (N-methyl/N-ethyl adjacent to an activating group) is 1. The lowest BCUT2D eigenvalue weighted by molar-refractivity contribution is -0.122. The van der Waals surface area contributed by atoms with Crippen molar-refractivity contribution in [2.24, 2.45) is 0 Å². The Kier molecular flexibility index (Phi) is 5.17. The Bertz CT molecular complexity index is 626. The first-order valence-electron chi connectivity index (χ1n) is 7.26. The number of hydrogen-bond donors (Lipinski definition) is 1. The molecular formula is C13H22N4O4S. The standard InChI is InChI=1S/C13H22N4O4S/c1-9(2)13-15-12(21-16-13)6-14-11(18)7-17(3)10-4-5-22(19,20)8-10/h9-10H,4-8H2,1-3H3,(H,14,18)/t10-/m0/s1. The summed E-state index contributed by atoms with van der Waals surface area (Å²) in [5.74, 6) is 1.27. The third kappa shape index (κ3) is 4.51. The molecule has 1 amide bonds. The molecule has 0 unspecified atom stereocenters. The van der Waals surface area contributed by atoms with Crippen LogP contribution < -0.4 is 5.32 Å². The molecule has 2 heterocycles. The molecule has 0 aromatic carbocycles. The van der Waals surface area contributed by atoms with Gasteiger partial charge in [-0.2, -0.15) is 4.98 Å². The van der Waals surface area contributed by atoms with Gasteiger partial charge in [0.1, 0.15) is 0 Å². The number of nitrogens with one attached hydrogen (secondary N) is 1. The number of carbonyl (C=O) groups excluding carboxylic acids is 1. The van der Waals surface area contributed by atoms with Gasteiger partial charge in [-0.15, -0.1) is 0 Å². The molecule has 0 aliphatic carbocycles. The van der Waals surface area contributed by atoms with Crippen LogP contribution in [0, 0.1) is 0 Å². The lowest BCUT2D eigenvalue weighted by Crippen LogP contribution is -2.41. The number of rotatable bonds is 6. The van der Waals surface area contributed by atoms with Gasteiger partial charge >= 0.3 is 0 Å². The molecule has 1 aromatic heterocycles. The Hall–Kier alpha value is -1.48. The van der Waals surface area contributed by atoms with Gasteiger partial charge in [0.15, 0.2) is 15.7 Å². The fourth-order valence-corrected chi connectivity index (χ4v) is 4.09. The quantitative estimate of drug-likeness (QED) is 0.778. The Morgan fingerprint density at radius 3 is 2.77 bits per heavy atom. The number of sulfone groups is 1. The first-order valence-corrected chi connectivity index (χ1v) is 9.09. The van der Waals surface area contributed by atoms with Crippen molar-refractivity contribution in [3.05, 3.63) is 11.7 Å². The summed E-state index contributed by atoms with van der Waals surface area (Å²) < 4.78 is 27.9. The highest BCUT2D eigenvalue weighted by molar-refractivity contribution is 7.91.